The van der Waals surface area contributed by atoms with Crippen molar-refractivity contribution in [1.82, 2.24) is 0 Å². The molecule has 4 nitrogen and oxygen atoms in total. The summed E-state index contributed by atoms with van der Waals surface area (Å²) >= 11 is 0. The monoisotopic (exact) mass is 403 g/mol. The number of carbonyl (C=O) groups excluding carboxylic acids is 1. The zero-order chi connectivity index (χ0) is 21.0. The smallest absolute Gasteiger partial charge is 0.255 e. The molecular weight excluding hydrogens is 374 g/mol. The number of hydrogen-bond acceptors (Lipinski definition) is 3. The van der Waals surface area contributed by atoms with E-state index < -0.39 is 0 Å². The number of hydrogen-bond donors (Lipinski definition) is 1. The number of benzene rings is 3. The second-order valence-electron chi connectivity index (χ2n) is 7.19. The van der Waals surface area contributed by atoms with Crippen molar-refractivity contribution in [1.29, 1.82) is 0 Å². The topological polar surface area (TPSA) is 47.6 Å². The Balaban J connectivity index is 1.50. The fraction of sp³-hybridized carbons (Fsp3) is 0.269. The van der Waals surface area contributed by atoms with Gasteiger partial charge in [0.25, 0.3) is 5.91 Å². The van der Waals surface area contributed by atoms with Gasteiger partial charge in [0, 0.05) is 17.3 Å². The van der Waals surface area contributed by atoms with Crippen LogP contribution in [0.3, 0.4) is 0 Å². The van der Waals surface area contributed by atoms with Gasteiger partial charge in [0.15, 0.2) is 0 Å². The van der Waals surface area contributed by atoms with E-state index in [1.807, 2.05) is 66.7 Å². The van der Waals surface area contributed by atoms with E-state index in [1.54, 1.807) is 12.1 Å². The van der Waals surface area contributed by atoms with Gasteiger partial charge in [-0.1, -0.05) is 62.6 Å². The maximum absolute atomic E-state index is 12.6. The van der Waals surface area contributed by atoms with Gasteiger partial charge in [-0.15, -0.1) is 0 Å². The summed E-state index contributed by atoms with van der Waals surface area (Å²) in [5, 5.41) is 2.92. The van der Waals surface area contributed by atoms with Crippen molar-refractivity contribution in [3.05, 3.63) is 90.0 Å². The largest absolute Gasteiger partial charge is 0.494 e. The Morgan fingerprint density at radius 1 is 0.800 bits per heavy atom. The van der Waals surface area contributed by atoms with E-state index in [2.05, 4.69) is 12.2 Å². The molecule has 156 valence electrons. The molecule has 0 aliphatic rings. The van der Waals surface area contributed by atoms with Crippen molar-refractivity contribution >= 4 is 11.6 Å². The number of unbranched alkanes of at least 4 members (excludes halogenated alkanes) is 3. The number of rotatable bonds is 11. The number of carbonyl (C=O) groups is 1. The fourth-order valence-electron chi connectivity index (χ4n) is 3.03. The van der Waals surface area contributed by atoms with Gasteiger partial charge in [0.05, 0.1) is 6.61 Å². The summed E-state index contributed by atoms with van der Waals surface area (Å²) in [5.41, 5.74) is 2.38. The summed E-state index contributed by atoms with van der Waals surface area (Å²) in [6, 6.07) is 24.7. The summed E-state index contributed by atoms with van der Waals surface area (Å²) in [5.74, 6) is 1.34. The third-order valence-corrected chi connectivity index (χ3v) is 4.72. The Hall–Kier alpha value is -3.27. The second-order valence-corrected chi connectivity index (χ2v) is 7.19. The third kappa shape index (κ3) is 6.96. The molecule has 3 rings (SSSR count). The minimum Gasteiger partial charge on any atom is -0.494 e. The van der Waals surface area contributed by atoms with E-state index in [1.165, 1.54) is 19.3 Å². The Morgan fingerprint density at radius 3 is 2.37 bits per heavy atom. The van der Waals surface area contributed by atoms with Crippen molar-refractivity contribution in [3.8, 4) is 11.5 Å². The molecule has 3 aromatic rings. The number of ether oxygens (including phenoxy) is 2. The molecule has 0 bridgehead atoms. The standard InChI is InChI=1S/C26H29NO3/c1-2-3-4-8-18-29-24-16-14-22(15-17-24)26(28)27-23-12-9-13-25(19-23)30-20-21-10-6-5-7-11-21/h5-7,9-17,19H,2-4,8,18,20H2,1H3,(H,27,28). The Bertz CT molecular complexity index is 907. The van der Waals surface area contributed by atoms with E-state index in [9.17, 15) is 4.79 Å². The first-order chi connectivity index (χ1) is 14.7. The maximum Gasteiger partial charge on any atom is 0.255 e. The summed E-state index contributed by atoms with van der Waals surface area (Å²) in [6.07, 6.45) is 4.69. The molecular formula is C26H29NO3. The average molecular weight is 404 g/mol. The third-order valence-electron chi connectivity index (χ3n) is 4.72. The first-order valence-corrected chi connectivity index (χ1v) is 10.6. The zero-order valence-corrected chi connectivity index (χ0v) is 17.5. The van der Waals surface area contributed by atoms with Crippen LogP contribution < -0.4 is 14.8 Å². The first-order valence-electron chi connectivity index (χ1n) is 10.6. The minimum atomic E-state index is -0.162. The first kappa shape index (κ1) is 21.4. The summed E-state index contributed by atoms with van der Waals surface area (Å²) < 4.78 is 11.6. The Labute approximate surface area is 178 Å². The molecule has 0 spiro atoms. The van der Waals surface area contributed by atoms with Crippen LogP contribution >= 0.6 is 0 Å². The van der Waals surface area contributed by atoms with Gasteiger partial charge >= 0.3 is 0 Å². The summed E-state index contributed by atoms with van der Waals surface area (Å²) in [4.78, 5) is 12.6. The lowest BCUT2D eigenvalue weighted by molar-refractivity contribution is 0.102. The van der Waals surface area contributed by atoms with Crippen LogP contribution in [0.2, 0.25) is 0 Å². The van der Waals surface area contributed by atoms with E-state index in [0.29, 0.717) is 30.2 Å². The van der Waals surface area contributed by atoms with Crippen molar-refractivity contribution in [3.63, 3.8) is 0 Å². The molecule has 1 N–H and O–H groups in total. The lowest BCUT2D eigenvalue weighted by Gasteiger charge is -2.10. The van der Waals surface area contributed by atoms with Gasteiger partial charge < -0.3 is 14.8 Å². The average Bonchev–Trinajstić information content (AvgIpc) is 2.79. The quantitative estimate of drug-likeness (QED) is 0.373. The molecule has 0 saturated carbocycles. The molecule has 0 fully saturated rings. The highest BCUT2D eigenvalue weighted by Gasteiger charge is 2.07. The molecule has 0 atom stereocenters. The van der Waals surface area contributed by atoms with Crippen molar-refractivity contribution in [2.24, 2.45) is 0 Å². The van der Waals surface area contributed by atoms with E-state index in [4.69, 9.17) is 9.47 Å². The van der Waals surface area contributed by atoms with E-state index in [-0.39, 0.29) is 5.91 Å². The van der Waals surface area contributed by atoms with Crippen molar-refractivity contribution < 1.29 is 14.3 Å². The highest BCUT2D eigenvalue weighted by atomic mass is 16.5. The van der Waals surface area contributed by atoms with Gasteiger partial charge in [-0.25, -0.2) is 0 Å². The van der Waals surface area contributed by atoms with Gasteiger partial charge in [0.2, 0.25) is 0 Å². The molecule has 30 heavy (non-hydrogen) atoms. The van der Waals surface area contributed by atoms with Crippen LogP contribution in [-0.2, 0) is 6.61 Å². The highest BCUT2D eigenvalue weighted by Crippen LogP contribution is 2.20. The summed E-state index contributed by atoms with van der Waals surface area (Å²) in [6.45, 7) is 3.39. The number of anilines is 1. The molecule has 0 aliphatic carbocycles. The van der Waals surface area contributed by atoms with Crippen LogP contribution in [0.4, 0.5) is 5.69 Å². The second kappa shape index (κ2) is 11.7. The Kier molecular flexibility index (Phi) is 8.34. The predicted molar refractivity (Wildman–Crippen MR) is 121 cm³/mol. The maximum atomic E-state index is 12.6. The number of amides is 1. The fourth-order valence-corrected chi connectivity index (χ4v) is 3.03. The Morgan fingerprint density at radius 2 is 1.60 bits per heavy atom. The van der Waals surface area contributed by atoms with Crippen LogP contribution in [0.15, 0.2) is 78.9 Å². The van der Waals surface area contributed by atoms with Gasteiger partial charge in [-0.05, 0) is 48.4 Å². The van der Waals surface area contributed by atoms with Crippen LogP contribution in [0.1, 0.15) is 48.5 Å². The SMILES string of the molecule is CCCCCCOc1ccc(C(=O)Nc2cccc(OCc3ccccc3)c2)cc1. The lowest BCUT2D eigenvalue weighted by Crippen LogP contribution is -2.11. The van der Waals surface area contributed by atoms with Gasteiger partial charge in [-0.3, -0.25) is 4.79 Å². The lowest BCUT2D eigenvalue weighted by atomic mass is 10.2. The van der Waals surface area contributed by atoms with E-state index in [0.717, 1.165) is 17.7 Å². The minimum absolute atomic E-state index is 0.162. The molecule has 0 unspecified atom stereocenters. The van der Waals surface area contributed by atoms with Crippen molar-refractivity contribution in [2.75, 3.05) is 11.9 Å². The highest BCUT2D eigenvalue weighted by molar-refractivity contribution is 6.04. The van der Waals surface area contributed by atoms with Crippen LogP contribution in [0, 0.1) is 0 Å². The van der Waals surface area contributed by atoms with Gasteiger partial charge in [0.1, 0.15) is 18.1 Å². The van der Waals surface area contributed by atoms with Gasteiger partial charge in [-0.2, -0.15) is 0 Å². The molecule has 3 aromatic carbocycles. The molecule has 0 aromatic heterocycles. The van der Waals surface area contributed by atoms with Crippen molar-refractivity contribution in [2.45, 2.75) is 39.2 Å². The molecule has 4 heteroatoms. The predicted octanol–water partition coefficient (Wildman–Crippen LogP) is 6.48. The molecule has 1 amide bonds. The van der Waals surface area contributed by atoms with Crippen LogP contribution in [0.25, 0.3) is 0 Å². The van der Waals surface area contributed by atoms with E-state index >= 15 is 0 Å². The molecule has 0 saturated heterocycles. The zero-order valence-electron chi connectivity index (χ0n) is 17.5. The van der Waals surface area contributed by atoms with Crippen LogP contribution in [-0.4, -0.2) is 12.5 Å². The molecule has 0 aliphatic heterocycles. The van der Waals surface area contributed by atoms with Crippen LogP contribution in [0.5, 0.6) is 11.5 Å². The molecule has 0 heterocycles. The number of nitrogens with one attached hydrogen (secondary N) is 1. The summed E-state index contributed by atoms with van der Waals surface area (Å²) in [7, 11) is 0. The molecule has 0 radical (unpaired) electrons. The normalized spacial score (nSPS) is 10.4.